The molecule has 0 atom stereocenters. The first-order valence-corrected chi connectivity index (χ1v) is 9.75. The Morgan fingerprint density at radius 2 is 1.81 bits per heavy atom. The molecule has 0 heterocycles. The maximum Gasteiger partial charge on any atom is 0.321 e. The molecule has 0 spiro atoms. The van der Waals surface area contributed by atoms with Gasteiger partial charge in [-0.25, -0.2) is 8.42 Å². The van der Waals surface area contributed by atoms with E-state index in [1.807, 2.05) is 18.2 Å². The molecule has 0 aliphatic rings. The fourth-order valence-corrected chi connectivity index (χ4v) is 3.61. The van der Waals surface area contributed by atoms with Crippen LogP contribution in [0.5, 0.6) is 0 Å². The Kier molecular flexibility index (Phi) is 6.95. The lowest BCUT2D eigenvalue weighted by molar-refractivity contribution is -0.144. The molecule has 2 aromatic carbocycles. The van der Waals surface area contributed by atoms with E-state index in [2.05, 4.69) is 5.32 Å². The Labute approximate surface area is 162 Å². The van der Waals surface area contributed by atoms with Gasteiger partial charge in [-0.15, -0.1) is 0 Å². The average molecular weight is 411 g/mol. The van der Waals surface area contributed by atoms with Crippen LogP contribution in [-0.4, -0.2) is 38.2 Å². The minimum Gasteiger partial charge on any atom is -0.460 e. The Bertz CT molecular complexity index is 932. The molecule has 1 N–H and O–H groups in total. The van der Waals surface area contributed by atoms with E-state index in [0.29, 0.717) is 5.69 Å². The summed E-state index contributed by atoms with van der Waals surface area (Å²) >= 11 is 6.02. The molecule has 0 unspecified atom stereocenters. The summed E-state index contributed by atoms with van der Waals surface area (Å²) in [4.78, 5) is 22.9. The predicted molar refractivity (Wildman–Crippen MR) is 102 cm³/mol. The van der Waals surface area contributed by atoms with Crippen molar-refractivity contribution in [1.29, 1.82) is 0 Å². The van der Waals surface area contributed by atoms with Crippen molar-refractivity contribution < 1.29 is 22.7 Å². The highest BCUT2D eigenvalue weighted by Crippen LogP contribution is 2.26. The summed E-state index contributed by atoms with van der Waals surface area (Å²) in [6.07, 6.45) is 0. The SMILES string of the molecule is CC(=O)Nc1ccc(S(=O)(=O)N(C)CC(=O)OCc2ccccc2)cc1Cl. The van der Waals surface area contributed by atoms with Crippen LogP contribution in [-0.2, 0) is 31.0 Å². The van der Waals surface area contributed by atoms with E-state index in [-0.39, 0.29) is 22.4 Å². The number of nitrogens with one attached hydrogen (secondary N) is 1. The third-order valence-electron chi connectivity index (χ3n) is 3.55. The second-order valence-electron chi connectivity index (χ2n) is 5.73. The predicted octanol–water partition coefficient (Wildman–Crippen LogP) is 2.66. The van der Waals surface area contributed by atoms with E-state index in [9.17, 15) is 18.0 Å². The first-order valence-electron chi connectivity index (χ1n) is 7.93. The lowest BCUT2D eigenvalue weighted by atomic mass is 10.2. The highest BCUT2D eigenvalue weighted by molar-refractivity contribution is 7.89. The van der Waals surface area contributed by atoms with Crippen LogP contribution in [0.15, 0.2) is 53.4 Å². The molecule has 0 fully saturated rings. The molecule has 0 radical (unpaired) electrons. The van der Waals surface area contributed by atoms with Crippen molar-refractivity contribution in [2.75, 3.05) is 18.9 Å². The van der Waals surface area contributed by atoms with E-state index in [1.165, 1.54) is 32.2 Å². The van der Waals surface area contributed by atoms with Gasteiger partial charge in [0.2, 0.25) is 15.9 Å². The zero-order valence-corrected chi connectivity index (χ0v) is 16.4. The standard InChI is InChI=1S/C18H19ClN2O5S/c1-13(22)20-17-9-8-15(10-16(17)19)27(24,25)21(2)11-18(23)26-12-14-6-4-3-5-7-14/h3-10H,11-12H2,1-2H3,(H,20,22). The van der Waals surface area contributed by atoms with Crippen LogP contribution in [0, 0.1) is 0 Å². The number of ether oxygens (including phenoxy) is 1. The third-order valence-corrected chi connectivity index (χ3v) is 5.67. The van der Waals surface area contributed by atoms with Gasteiger partial charge in [0.15, 0.2) is 0 Å². The van der Waals surface area contributed by atoms with Gasteiger partial charge in [-0.05, 0) is 23.8 Å². The smallest absolute Gasteiger partial charge is 0.321 e. The summed E-state index contributed by atoms with van der Waals surface area (Å²) in [5, 5.41) is 2.57. The Balaban J connectivity index is 2.03. The van der Waals surface area contributed by atoms with Gasteiger partial charge in [0, 0.05) is 14.0 Å². The minimum atomic E-state index is -3.95. The van der Waals surface area contributed by atoms with Gasteiger partial charge in [0.1, 0.15) is 13.2 Å². The number of nitrogens with zero attached hydrogens (tertiary/aromatic N) is 1. The van der Waals surface area contributed by atoms with Crippen molar-refractivity contribution in [2.45, 2.75) is 18.4 Å². The zero-order chi connectivity index (χ0) is 20.0. The molecular formula is C18H19ClN2O5S. The molecule has 0 aliphatic carbocycles. The minimum absolute atomic E-state index is 0.0603. The van der Waals surface area contributed by atoms with Crippen molar-refractivity contribution in [3.63, 3.8) is 0 Å². The van der Waals surface area contributed by atoms with E-state index in [1.54, 1.807) is 12.1 Å². The molecule has 1 amide bonds. The molecule has 27 heavy (non-hydrogen) atoms. The number of likely N-dealkylation sites (N-methyl/N-ethyl adjacent to an activating group) is 1. The van der Waals surface area contributed by atoms with Crippen molar-refractivity contribution >= 4 is 39.2 Å². The van der Waals surface area contributed by atoms with Gasteiger partial charge in [-0.1, -0.05) is 41.9 Å². The first kappa shape index (κ1) is 20.9. The van der Waals surface area contributed by atoms with Gasteiger partial charge >= 0.3 is 5.97 Å². The number of carbonyl (C=O) groups is 2. The molecule has 7 nitrogen and oxygen atoms in total. The fraction of sp³-hybridized carbons (Fsp3) is 0.222. The topological polar surface area (TPSA) is 92.8 Å². The lowest BCUT2D eigenvalue weighted by Gasteiger charge is -2.17. The quantitative estimate of drug-likeness (QED) is 0.708. The van der Waals surface area contributed by atoms with E-state index >= 15 is 0 Å². The van der Waals surface area contributed by atoms with Gasteiger partial charge in [-0.2, -0.15) is 4.31 Å². The number of rotatable bonds is 7. The van der Waals surface area contributed by atoms with Crippen LogP contribution in [0.1, 0.15) is 12.5 Å². The van der Waals surface area contributed by atoms with Crippen LogP contribution >= 0.6 is 11.6 Å². The third kappa shape index (κ3) is 5.78. The molecule has 2 aromatic rings. The molecule has 2 rings (SSSR count). The second-order valence-corrected chi connectivity index (χ2v) is 8.18. The number of benzene rings is 2. The van der Waals surface area contributed by atoms with Crippen molar-refractivity contribution in [3.8, 4) is 0 Å². The summed E-state index contributed by atoms with van der Waals surface area (Å²) in [7, 11) is -2.68. The van der Waals surface area contributed by atoms with Gasteiger partial charge in [-0.3, -0.25) is 9.59 Å². The highest BCUT2D eigenvalue weighted by Gasteiger charge is 2.24. The zero-order valence-electron chi connectivity index (χ0n) is 14.8. The van der Waals surface area contributed by atoms with Gasteiger partial charge < -0.3 is 10.1 Å². The van der Waals surface area contributed by atoms with Crippen LogP contribution in [0.3, 0.4) is 0 Å². The van der Waals surface area contributed by atoms with Crippen LogP contribution in [0.25, 0.3) is 0 Å². The number of anilines is 1. The Morgan fingerprint density at radius 3 is 2.41 bits per heavy atom. The summed E-state index contributed by atoms with van der Waals surface area (Å²) in [5.74, 6) is -1.00. The molecule has 0 aromatic heterocycles. The number of esters is 1. The highest BCUT2D eigenvalue weighted by atomic mass is 35.5. The maximum atomic E-state index is 12.6. The first-order chi connectivity index (χ1) is 12.7. The molecule has 0 saturated carbocycles. The number of halogens is 1. The molecule has 144 valence electrons. The van der Waals surface area contributed by atoms with Crippen LogP contribution in [0.2, 0.25) is 5.02 Å². The van der Waals surface area contributed by atoms with Crippen molar-refractivity contribution in [1.82, 2.24) is 4.31 Å². The van der Waals surface area contributed by atoms with Crippen LogP contribution in [0.4, 0.5) is 5.69 Å². The normalized spacial score (nSPS) is 11.3. The molecule has 0 bridgehead atoms. The van der Waals surface area contributed by atoms with E-state index < -0.39 is 22.5 Å². The Morgan fingerprint density at radius 1 is 1.15 bits per heavy atom. The number of sulfonamides is 1. The number of carbonyl (C=O) groups excluding carboxylic acids is 2. The van der Waals surface area contributed by atoms with Crippen molar-refractivity contribution in [2.24, 2.45) is 0 Å². The monoisotopic (exact) mass is 410 g/mol. The fourth-order valence-electron chi connectivity index (χ4n) is 2.18. The van der Waals surface area contributed by atoms with Crippen molar-refractivity contribution in [3.05, 3.63) is 59.1 Å². The van der Waals surface area contributed by atoms with Gasteiger partial charge in [0.05, 0.1) is 15.6 Å². The van der Waals surface area contributed by atoms with Crippen LogP contribution < -0.4 is 5.32 Å². The summed E-state index contributed by atoms with van der Waals surface area (Å²) < 4.78 is 31.2. The number of amides is 1. The molecular weight excluding hydrogens is 392 g/mol. The molecule has 9 heteroatoms. The van der Waals surface area contributed by atoms with E-state index in [4.69, 9.17) is 16.3 Å². The number of hydrogen-bond acceptors (Lipinski definition) is 5. The second kappa shape index (κ2) is 8.98. The van der Waals surface area contributed by atoms with E-state index in [0.717, 1.165) is 9.87 Å². The van der Waals surface area contributed by atoms with Gasteiger partial charge in [0.25, 0.3) is 0 Å². The Hall–Kier alpha value is -2.42. The largest absolute Gasteiger partial charge is 0.460 e. The number of hydrogen-bond donors (Lipinski definition) is 1. The summed E-state index contributed by atoms with van der Waals surface area (Å²) in [6.45, 7) is 0.931. The maximum absolute atomic E-state index is 12.6. The summed E-state index contributed by atoms with van der Waals surface area (Å²) in [5.41, 5.74) is 1.10. The average Bonchev–Trinajstić information content (AvgIpc) is 2.62. The molecule has 0 aliphatic heterocycles. The molecule has 0 saturated heterocycles. The lowest BCUT2D eigenvalue weighted by Crippen LogP contribution is -2.33. The summed E-state index contributed by atoms with van der Waals surface area (Å²) in [6, 6.07) is 13.0.